The molecule has 0 atom stereocenters. The Balaban J connectivity index is 3.84. The van der Waals surface area contributed by atoms with Crippen LogP contribution in [-0.4, -0.2) is 20.1 Å². The van der Waals surface area contributed by atoms with Crippen LogP contribution in [0.15, 0.2) is 0 Å². The second-order valence-electron chi connectivity index (χ2n) is 3.15. The number of nitrogens with one attached hydrogen (secondary N) is 2. The van der Waals surface area contributed by atoms with Gasteiger partial charge in [-0.05, 0) is 12.8 Å². The predicted molar refractivity (Wildman–Crippen MR) is 50.2 cm³/mol. The van der Waals surface area contributed by atoms with Crippen molar-refractivity contribution in [2.45, 2.75) is 27.2 Å². The minimum absolute atomic E-state index is 0.0467. The van der Waals surface area contributed by atoms with Gasteiger partial charge in [0.1, 0.15) is 0 Å². The molecule has 0 aliphatic carbocycles. The van der Waals surface area contributed by atoms with E-state index in [0.717, 1.165) is 0 Å². The Kier molecular flexibility index (Phi) is 4.94. The van der Waals surface area contributed by atoms with Crippen LogP contribution in [0.3, 0.4) is 0 Å². The molecule has 0 bridgehead atoms. The summed E-state index contributed by atoms with van der Waals surface area (Å²) >= 11 is 0. The Bertz CT molecular complexity index is 259. The maximum absolute atomic E-state index is 11.0. The van der Waals surface area contributed by atoms with Gasteiger partial charge in [0.2, 0.25) is 15.9 Å². The summed E-state index contributed by atoms with van der Waals surface area (Å²) in [4.78, 5) is 13.0. The van der Waals surface area contributed by atoms with Crippen LogP contribution in [0.2, 0.25) is 0 Å². The quantitative estimate of drug-likeness (QED) is 0.625. The number of carbonyl (C=O) groups excluding carboxylic acids is 1. The number of sulfonamides is 1. The lowest BCUT2D eigenvalue weighted by Crippen LogP contribution is -2.42. The fraction of sp³-hybridized carbons (Fsp3) is 0.857. The molecule has 0 aromatic carbocycles. The molecule has 0 aromatic heterocycles. The van der Waals surface area contributed by atoms with Crippen molar-refractivity contribution in [3.8, 4) is 0 Å². The van der Waals surface area contributed by atoms with Crippen molar-refractivity contribution in [1.82, 2.24) is 10.3 Å². The molecule has 0 saturated carbocycles. The first-order valence-electron chi connectivity index (χ1n) is 4.15. The van der Waals surface area contributed by atoms with Crippen molar-refractivity contribution in [2.24, 2.45) is 5.92 Å². The summed E-state index contributed by atoms with van der Waals surface area (Å²) in [7, 11) is -3.33. The average Bonchev–Trinajstić information content (AvgIpc) is 2.00. The Morgan fingerprint density at radius 1 is 1.38 bits per heavy atom. The Morgan fingerprint density at radius 3 is 2.31 bits per heavy atom. The van der Waals surface area contributed by atoms with Crippen LogP contribution in [0.25, 0.3) is 0 Å². The van der Waals surface area contributed by atoms with Gasteiger partial charge in [-0.15, -0.1) is 4.83 Å². The summed E-state index contributed by atoms with van der Waals surface area (Å²) < 4.78 is 21.7. The zero-order valence-corrected chi connectivity index (χ0v) is 8.94. The van der Waals surface area contributed by atoms with E-state index < -0.39 is 10.0 Å². The van der Waals surface area contributed by atoms with Crippen molar-refractivity contribution < 1.29 is 13.2 Å². The molecular weight excluding hydrogens is 192 g/mol. The molecule has 6 heteroatoms. The monoisotopic (exact) mass is 208 g/mol. The van der Waals surface area contributed by atoms with Crippen LogP contribution >= 0.6 is 0 Å². The summed E-state index contributed by atoms with van der Waals surface area (Å²) in [5, 5.41) is 0. The van der Waals surface area contributed by atoms with Gasteiger partial charge in [-0.25, -0.2) is 8.42 Å². The molecule has 0 saturated heterocycles. The molecule has 0 fully saturated rings. The van der Waals surface area contributed by atoms with E-state index in [0.29, 0.717) is 6.42 Å². The lowest BCUT2D eigenvalue weighted by molar-refractivity contribution is -0.122. The average molecular weight is 208 g/mol. The molecule has 78 valence electrons. The number of carbonyl (C=O) groups is 1. The molecule has 0 heterocycles. The first kappa shape index (κ1) is 12.4. The van der Waals surface area contributed by atoms with Crippen molar-refractivity contribution in [3.05, 3.63) is 0 Å². The third-order valence-corrected chi connectivity index (χ3v) is 2.49. The summed E-state index contributed by atoms with van der Waals surface area (Å²) in [5.74, 6) is -0.146. The van der Waals surface area contributed by atoms with E-state index in [2.05, 4.69) is 5.43 Å². The summed E-state index contributed by atoms with van der Waals surface area (Å²) in [5.41, 5.74) is 2.13. The van der Waals surface area contributed by atoms with Gasteiger partial charge >= 0.3 is 0 Å². The first-order valence-corrected chi connectivity index (χ1v) is 5.81. The molecule has 0 radical (unpaired) electrons. The maximum Gasteiger partial charge on any atom is 0.235 e. The summed E-state index contributed by atoms with van der Waals surface area (Å²) in [6.07, 6.45) is 0.312. The summed E-state index contributed by atoms with van der Waals surface area (Å²) in [6, 6.07) is 0. The minimum atomic E-state index is -3.33. The Morgan fingerprint density at radius 2 is 1.92 bits per heavy atom. The molecule has 13 heavy (non-hydrogen) atoms. The Labute approximate surface area is 78.9 Å². The highest BCUT2D eigenvalue weighted by Crippen LogP contribution is 1.97. The second-order valence-corrected chi connectivity index (χ2v) is 5.16. The van der Waals surface area contributed by atoms with Crippen LogP contribution in [0, 0.1) is 5.92 Å². The number of hydrazine groups is 1. The number of amides is 1. The van der Waals surface area contributed by atoms with Gasteiger partial charge in [0.05, 0.1) is 5.75 Å². The molecule has 0 aromatic rings. The fourth-order valence-electron chi connectivity index (χ4n) is 0.629. The van der Waals surface area contributed by atoms with Crippen LogP contribution in [0.4, 0.5) is 0 Å². The van der Waals surface area contributed by atoms with Crippen LogP contribution in [0.1, 0.15) is 27.2 Å². The normalized spacial score (nSPS) is 11.7. The van der Waals surface area contributed by atoms with Crippen molar-refractivity contribution in [2.75, 3.05) is 5.75 Å². The van der Waals surface area contributed by atoms with Gasteiger partial charge < -0.3 is 0 Å². The van der Waals surface area contributed by atoms with E-state index in [9.17, 15) is 13.2 Å². The van der Waals surface area contributed by atoms with E-state index >= 15 is 0 Å². The third-order valence-electron chi connectivity index (χ3n) is 1.32. The van der Waals surface area contributed by atoms with E-state index in [4.69, 9.17) is 0 Å². The highest BCUT2D eigenvalue weighted by atomic mass is 32.2. The molecule has 0 rings (SSSR count). The SMILES string of the molecule is CCS(=O)(=O)NNC(=O)CC(C)C. The zero-order valence-electron chi connectivity index (χ0n) is 8.12. The van der Waals surface area contributed by atoms with Gasteiger partial charge in [0.25, 0.3) is 0 Å². The topological polar surface area (TPSA) is 75.3 Å². The third kappa shape index (κ3) is 6.53. The van der Waals surface area contributed by atoms with Gasteiger partial charge in [0.15, 0.2) is 0 Å². The second kappa shape index (κ2) is 5.18. The van der Waals surface area contributed by atoms with Gasteiger partial charge in [-0.2, -0.15) is 0 Å². The molecular formula is C7H16N2O3S. The largest absolute Gasteiger partial charge is 0.278 e. The first-order chi connectivity index (χ1) is 5.87. The molecule has 0 unspecified atom stereocenters. The number of rotatable bonds is 5. The molecule has 1 amide bonds. The highest BCUT2D eigenvalue weighted by Gasteiger charge is 2.09. The van der Waals surface area contributed by atoms with Crippen molar-refractivity contribution in [1.29, 1.82) is 0 Å². The molecule has 2 N–H and O–H groups in total. The van der Waals surface area contributed by atoms with E-state index in [-0.39, 0.29) is 17.6 Å². The van der Waals surface area contributed by atoms with Gasteiger partial charge in [0, 0.05) is 6.42 Å². The standard InChI is InChI=1S/C7H16N2O3S/c1-4-13(11,12)9-8-7(10)5-6(2)3/h6,9H,4-5H2,1-3H3,(H,8,10). The van der Waals surface area contributed by atoms with Gasteiger partial charge in [-0.1, -0.05) is 13.8 Å². The zero-order chi connectivity index (χ0) is 10.5. The Hall–Kier alpha value is -0.620. The van der Waals surface area contributed by atoms with Crippen molar-refractivity contribution in [3.63, 3.8) is 0 Å². The lowest BCUT2D eigenvalue weighted by Gasteiger charge is -2.07. The van der Waals surface area contributed by atoms with E-state index in [1.165, 1.54) is 6.92 Å². The van der Waals surface area contributed by atoms with Crippen LogP contribution < -0.4 is 10.3 Å². The highest BCUT2D eigenvalue weighted by molar-refractivity contribution is 7.89. The smallest absolute Gasteiger partial charge is 0.235 e. The maximum atomic E-state index is 11.0. The van der Waals surface area contributed by atoms with E-state index in [1.54, 1.807) is 0 Å². The predicted octanol–water partition coefficient (Wildman–Crippen LogP) is 0.00300. The number of hydrogen-bond donors (Lipinski definition) is 2. The van der Waals surface area contributed by atoms with Crippen LogP contribution in [0.5, 0.6) is 0 Å². The summed E-state index contributed by atoms with van der Waals surface area (Å²) in [6.45, 7) is 5.26. The van der Waals surface area contributed by atoms with Crippen LogP contribution in [-0.2, 0) is 14.8 Å². The fourth-order valence-corrected chi connectivity index (χ4v) is 1.04. The molecule has 0 aliphatic rings. The minimum Gasteiger partial charge on any atom is -0.278 e. The van der Waals surface area contributed by atoms with Crippen molar-refractivity contribution >= 4 is 15.9 Å². The van der Waals surface area contributed by atoms with Gasteiger partial charge in [-0.3, -0.25) is 10.2 Å². The van der Waals surface area contributed by atoms with E-state index in [1.807, 2.05) is 18.7 Å². The molecule has 5 nitrogen and oxygen atoms in total. The number of hydrogen-bond acceptors (Lipinski definition) is 3. The molecule has 0 spiro atoms. The molecule has 0 aliphatic heterocycles. The lowest BCUT2D eigenvalue weighted by atomic mass is 10.1.